The molecule has 6 nitrogen and oxygen atoms in total. The Morgan fingerprint density at radius 3 is 2.32 bits per heavy atom. The minimum absolute atomic E-state index is 0.00975. The van der Waals surface area contributed by atoms with Gasteiger partial charge in [0.05, 0.1) is 4.92 Å². The lowest BCUT2D eigenvalue weighted by Crippen LogP contribution is -2.23. The molecule has 2 aromatic carbocycles. The van der Waals surface area contributed by atoms with Gasteiger partial charge in [-0.25, -0.2) is 0 Å². The van der Waals surface area contributed by atoms with Crippen molar-refractivity contribution in [2.45, 2.75) is 12.8 Å². The number of allylic oxidation sites excluding steroid dienone is 1. The molecule has 0 unspecified atom stereocenters. The van der Waals surface area contributed by atoms with E-state index in [2.05, 4.69) is 0 Å². The van der Waals surface area contributed by atoms with Crippen molar-refractivity contribution < 1.29 is 14.5 Å². The Kier molecular flexibility index (Phi) is 4.70. The van der Waals surface area contributed by atoms with Crippen LogP contribution < -0.4 is 4.90 Å². The van der Waals surface area contributed by atoms with Crippen LogP contribution >= 0.6 is 0 Å². The number of nitro benzene ring substituents is 1. The molecule has 1 fully saturated rings. The normalized spacial score (nSPS) is 14.2. The first kappa shape index (κ1) is 16.6. The second-order valence-electron chi connectivity index (χ2n) is 5.74. The summed E-state index contributed by atoms with van der Waals surface area (Å²) in [4.78, 5) is 35.8. The molecule has 0 aliphatic carbocycles. The van der Waals surface area contributed by atoms with Crippen molar-refractivity contribution in [1.82, 2.24) is 0 Å². The van der Waals surface area contributed by atoms with Crippen LogP contribution in [0.25, 0.3) is 6.08 Å². The maximum atomic E-state index is 12.2. The van der Waals surface area contributed by atoms with Crippen LogP contribution in [0.2, 0.25) is 0 Å². The summed E-state index contributed by atoms with van der Waals surface area (Å²) in [5.41, 5.74) is 2.04. The van der Waals surface area contributed by atoms with E-state index in [1.165, 1.54) is 18.2 Å². The zero-order valence-electron chi connectivity index (χ0n) is 13.4. The van der Waals surface area contributed by atoms with Crippen molar-refractivity contribution in [3.63, 3.8) is 0 Å². The summed E-state index contributed by atoms with van der Waals surface area (Å²) in [7, 11) is 0. The number of hydrogen-bond acceptors (Lipinski definition) is 4. The summed E-state index contributed by atoms with van der Waals surface area (Å²) in [6.07, 6.45) is 4.47. The quantitative estimate of drug-likeness (QED) is 0.361. The van der Waals surface area contributed by atoms with Crippen LogP contribution in [-0.2, 0) is 4.79 Å². The molecule has 0 radical (unpaired) electrons. The van der Waals surface area contributed by atoms with Gasteiger partial charge in [-0.15, -0.1) is 0 Å². The lowest BCUT2D eigenvalue weighted by atomic mass is 10.1. The van der Waals surface area contributed by atoms with E-state index in [0.29, 0.717) is 24.1 Å². The van der Waals surface area contributed by atoms with E-state index in [4.69, 9.17) is 0 Å². The van der Waals surface area contributed by atoms with Gasteiger partial charge in [0.2, 0.25) is 5.91 Å². The molecular formula is C19H16N2O4. The molecular weight excluding hydrogens is 320 g/mol. The fourth-order valence-electron chi connectivity index (χ4n) is 2.70. The summed E-state index contributed by atoms with van der Waals surface area (Å²) in [6.45, 7) is 0.714. The van der Waals surface area contributed by atoms with Crippen molar-refractivity contribution in [2.24, 2.45) is 0 Å². The standard InChI is InChI=1S/C19H16N2O4/c22-18(12-5-14-3-8-17(9-4-14)21(24)25)15-6-10-16(11-7-15)20-13-1-2-19(20)23/h3-12H,1-2,13H2. The zero-order valence-corrected chi connectivity index (χ0v) is 13.4. The summed E-state index contributed by atoms with van der Waals surface area (Å²) in [5.74, 6) is -0.0604. The van der Waals surface area contributed by atoms with Gasteiger partial charge in [0.1, 0.15) is 0 Å². The fourth-order valence-corrected chi connectivity index (χ4v) is 2.70. The number of nitrogens with zero attached hydrogens (tertiary/aromatic N) is 2. The lowest BCUT2D eigenvalue weighted by molar-refractivity contribution is -0.384. The molecule has 0 aromatic heterocycles. The summed E-state index contributed by atoms with van der Waals surface area (Å²) < 4.78 is 0. The Bertz CT molecular complexity index is 839. The van der Waals surface area contributed by atoms with Crippen molar-refractivity contribution in [2.75, 3.05) is 11.4 Å². The van der Waals surface area contributed by atoms with Gasteiger partial charge < -0.3 is 4.90 Å². The second-order valence-corrected chi connectivity index (χ2v) is 5.74. The van der Waals surface area contributed by atoms with Crippen LogP contribution in [-0.4, -0.2) is 23.2 Å². The number of amides is 1. The molecule has 3 rings (SSSR count). The third kappa shape index (κ3) is 3.80. The van der Waals surface area contributed by atoms with E-state index < -0.39 is 4.92 Å². The van der Waals surface area contributed by atoms with Crippen molar-refractivity contribution in [3.05, 3.63) is 75.8 Å². The highest BCUT2D eigenvalue weighted by molar-refractivity contribution is 6.07. The molecule has 126 valence electrons. The Balaban J connectivity index is 1.68. The zero-order chi connectivity index (χ0) is 17.8. The van der Waals surface area contributed by atoms with Crippen molar-refractivity contribution in [3.8, 4) is 0 Å². The molecule has 0 N–H and O–H groups in total. The summed E-state index contributed by atoms with van der Waals surface area (Å²) in [5, 5.41) is 10.6. The molecule has 6 heteroatoms. The number of carbonyl (C=O) groups is 2. The van der Waals surface area contributed by atoms with Crippen LogP contribution in [0.5, 0.6) is 0 Å². The van der Waals surface area contributed by atoms with Gasteiger partial charge >= 0.3 is 0 Å². The van der Waals surface area contributed by atoms with Gasteiger partial charge in [0.25, 0.3) is 5.69 Å². The van der Waals surface area contributed by atoms with Gasteiger partial charge in [0.15, 0.2) is 5.78 Å². The predicted molar refractivity (Wildman–Crippen MR) is 94.5 cm³/mol. The van der Waals surface area contributed by atoms with E-state index in [0.717, 1.165) is 12.1 Å². The summed E-state index contributed by atoms with van der Waals surface area (Å²) >= 11 is 0. The maximum absolute atomic E-state index is 12.2. The number of rotatable bonds is 5. The third-order valence-electron chi connectivity index (χ3n) is 4.07. The number of ketones is 1. The highest BCUT2D eigenvalue weighted by atomic mass is 16.6. The molecule has 1 aliphatic rings. The van der Waals surface area contributed by atoms with E-state index in [1.807, 2.05) is 0 Å². The largest absolute Gasteiger partial charge is 0.312 e. The second kappa shape index (κ2) is 7.09. The number of nitro groups is 1. The molecule has 1 heterocycles. The molecule has 1 aliphatic heterocycles. The van der Waals surface area contributed by atoms with Crippen molar-refractivity contribution in [1.29, 1.82) is 0 Å². The monoisotopic (exact) mass is 336 g/mol. The Hall–Kier alpha value is -3.28. The molecule has 2 aromatic rings. The highest BCUT2D eigenvalue weighted by Gasteiger charge is 2.21. The van der Waals surface area contributed by atoms with Crippen LogP contribution in [0, 0.1) is 10.1 Å². The first-order valence-electron chi connectivity index (χ1n) is 7.92. The summed E-state index contributed by atoms with van der Waals surface area (Å²) in [6, 6.07) is 12.9. The molecule has 1 amide bonds. The van der Waals surface area contributed by atoms with Gasteiger partial charge in [-0.1, -0.05) is 6.08 Å². The average molecular weight is 336 g/mol. The number of non-ortho nitro benzene ring substituents is 1. The molecule has 25 heavy (non-hydrogen) atoms. The predicted octanol–water partition coefficient (Wildman–Crippen LogP) is 3.62. The van der Waals surface area contributed by atoms with Crippen LogP contribution in [0.3, 0.4) is 0 Å². The highest BCUT2D eigenvalue weighted by Crippen LogP contribution is 2.22. The third-order valence-corrected chi connectivity index (χ3v) is 4.07. The maximum Gasteiger partial charge on any atom is 0.269 e. The van der Waals surface area contributed by atoms with E-state index in [9.17, 15) is 19.7 Å². The Morgan fingerprint density at radius 1 is 1.08 bits per heavy atom. The average Bonchev–Trinajstić information content (AvgIpc) is 3.06. The van der Waals surface area contributed by atoms with Gasteiger partial charge in [-0.2, -0.15) is 0 Å². The van der Waals surface area contributed by atoms with Gasteiger partial charge in [-0.3, -0.25) is 19.7 Å². The SMILES string of the molecule is O=C(C=Cc1ccc([N+](=O)[O-])cc1)c1ccc(N2CCCC2=O)cc1. The Morgan fingerprint density at radius 2 is 1.76 bits per heavy atom. The van der Waals surface area contributed by atoms with E-state index in [-0.39, 0.29) is 17.4 Å². The smallest absolute Gasteiger partial charge is 0.269 e. The van der Waals surface area contributed by atoms with Gasteiger partial charge in [-0.05, 0) is 54.5 Å². The van der Waals surface area contributed by atoms with Gasteiger partial charge in [0, 0.05) is 36.3 Å². The number of benzene rings is 2. The van der Waals surface area contributed by atoms with Crippen LogP contribution in [0.15, 0.2) is 54.6 Å². The molecule has 0 saturated carbocycles. The van der Waals surface area contributed by atoms with Crippen LogP contribution in [0.1, 0.15) is 28.8 Å². The minimum Gasteiger partial charge on any atom is -0.312 e. The molecule has 0 spiro atoms. The first-order chi connectivity index (χ1) is 12.0. The van der Waals surface area contributed by atoms with E-state index >= 15 is 0 Å². The molecule has 0 atom stereocenters. The van der Waals surface area contributed by atoms with Crippen LogP contribution in [0.4, 0.5) is 11.4 Å². The topological polar surface area (TPSA) is 80.5 Å². The molecule has 0 bridgehead atoms. The van der Waals surface area contributed by atoms with Crippen molar-refractivity contribution >= 4 is 29.1 Å². The minimum atomic E-state index is -0.467. The Labute approximate surface area is 144 Å². The van der Waals surface area contributed by atoms with E-state index in [1.54, 1.807) is 47.4 Å². The fraction of sp³-hybridized carbons (Fsp3) is 0.158. The number of carbonyl (C=O) groups excluding carboxylic acids is 2. The number of hydrogen-bond donors (Lipinski definition) is 0. The lowest BCUT2D eigenvalue weighted by Gasteiger charge is -2.15. The number of anilines is 1. The molecule has 1 saturated heterocycles. The first-order valence-corrected chi connectivity index (χ1v) is 7.92.